The number of rotatable bonds is 15. The van der Waals surface area contributed by atoms with Gasteiger partial charge in [0.15, 0.2) is 5.69 Å². The van der Waals surface area contributed by atoms with Gasteiger partial charge in [-0.15, -0.1) is 0 Å². The minimum absolute atomic E-state index is 0.257. The molecule has 8 heteroatoms. The van der Waals surface area contributed by atoms with E-state index in [2.05, 4.69) is 4.85 Å². The van der Waals surface area contributed by atoms with Crippen LogP contribution in [0.15, 0.2) is 48.5 Å². The molecule has 0 saturated carbocycles. The number of hydrogen-bond donors (Lipinski definition) is 0. The molecule has 0 aliphatic rings. The van der Waals surface area contributed by atoms with Crippen LogP contribution in [0.1, 0.15) is 62.7 Å². The molecule has 0 spiro atoms. The zero-order chi connectivity index (χ0) is 27.0. The number of methoxy groups -OCH3 is 1. The lowest BCUT2D eigenvalue weighted by atomic mass is 9.94. The fraction of sp³-hybridized carbons (Fsp3) is 0.448. The molecule has 2 aromatic carbocycles. The first kappa shape index (κ1) is 29.4. The Bertz CT molecular complexity index is 1040. The Morgan fingerprint density at radius 3 is 2.08 bits per heavy atom. The Morgan fingerprint density at radius 1 is 0.865 bits per heavy atom. The van der Waals surface area contributed by atoms with Gasteiger partial charge >= 0.3 is 17.9 Å². The lowest BCUT2D eigenvalue weighted by Crippen LogP contribution is -2.23. The van der Waals surface area contributed by atoms with Crippen LogP contribution in [0.25, 0.3) is 4.85 Å². The fourth-order valence-electron chi connectivity index (χ4n) is 3.63. The summed E-state index contributed by atoms with van der Waals surface area (Å²) in [6, 6.07) is 13.1. The Kier molecular flexibility index (Phi) is 12.7. The van der Waals surface area contributed by atoms with Crippen LogP contribution in [-0.4, -0.2) is 38.2 Å². The molecule has 8 nitrogen and oxygen atoms in total. The van der Waals surface area contributed by atoms with Crippen molar-refractivity contribution in [1.29, 1.82) is 0 Å². The number of hydrogen-bond acceptors (Lipinski definition) is 7. The maximum Gasteiger partial charge on any atom is 0.343 e. The van der Waals surface area contributed by atoms with Gasteiger partial charge in [-0.25, -0.2) is 9.64 Å². The molecule has 0 heterocycles. The van der Waals surface area contributed by atoms with Crippen molar-refractivity contribution in [3.05, 3.63) is 65.5 Å². The van der Waals surface area contributed by atoms with Crippen molar-refractivity contribution in [3.63, 3.8) is 0 Å². The third-order valence-corrected chi connectivity index (χ3v) is 5.89. The predicted molar refractivity (Wildman–Crippen MR) is 139 cm³/mol. The van der Waals surface area contributed by atoms with Crippen LogP contribution in [0.5, 0.6) is 11.5 Å². The van der Waals surface area contributed by atoms with Crippen LogP contribution in [0.2, 0.25) is 0 Å². The summed E-state index contributed by atoms with van der Waals surface area (Å²) in [4.78, 5) is 39.4. The van der Waals surface area contributed by atoms with E-state index in [9.17, 15) is 14.4 Å². The molecule has 0 amide bonds. The van der Waals surface area contributed by atoms with E-state index in [0.717, 1.165) is 25.7 Å². The molecule has 2 rings (SSSR count). The average molecular weight is 510 g/mol. The topological polar surface area (TPSA) is 92.5 Å². The standard InChI is InChI=1S/C29H35NO7/c1-5-22(20-21(2)27(31)34-4)28(32)36-19-9-7-6-8-18-35-25-14-10-23(11-15-25)29(33)37-26-16-12-24(30-3)13-17-26/h10-17,21-22H,5-9,18-20H2,1-2,4H3. The molecule has 37 heavy (non-hydrogen) atoms. The van der Waals surface area contributed by atoms with Crippen LogP contribution in [0.4, 0.5) is 5.69 Å². The average Bonchev–Trinajstić information content (AvgIpc) is 2.93. The smallest absolute Gasteiger partial charge is 0.343 e. The second-order valence-electron chi connectivity index (χ2n) is 8.71. The van der Waals surface area contributed by atoms with Gasteiger partial charge < -0.3 is 18.9 Å². The van der Waals surface area contributed by atoms with Gasteiger partial charge in [0.05, 0.1) is 44.3 Å². The molecule has 2 unspecified atom stereocenters. The highest BCUT2D eigenvalue weighted by atomic mass is 16.5. The van der Waals surface area contributed by atoms with Crippen molar-refractivity contribution >= 4 is 23.6 Å². The van der Waals surface area contributed by atoms with E-state index in [1.165, 1.54) is 7.11 Å². The molecule has 0 saturated heterocycles. The summed E-state index contributed by atoms with van der Waals surface area (Å²) in [6.45, 7) is 11.5. The SMILES string of the molecule is [C-]#[N+]c1ccc(OC(=O)c2ccc(OCCCCCCOC(=O)C(CC)CC(C)C(=O)OC)cc2)cc1. The molecule has 0 N–H and O–H groups in total. The van der Waals surface area contributed by atoms with Gasteiger partial charge in [0, 0.05) is 0 Å². The first-order chi connectivity index (χ1) is 17.9. The number of benzene rings is 2. The van der Waals surface area contributed by atoms with Crippen molar-refractivity contribution in [3.8, 4) is 11.5 Å². The van der Waals surface area contributed by atoms with Gasteiger partial charge in [0.25, 0.3) is 0 Å². The molecular formula is C29H35NO7. The predicted octanol–water partition coefficient (Wildman–Crippen LogP) is 6.16. The quantitative estimate of drug-likeness (QED) is 0.123. The fourth-order valence-corrected chi connectivity index (χ4v) is 3.63. The molecule has 0 aliphatic heterocycles. The van der Waals surface area contributed by atoms with Gasteiger partial charge in [0.2, 0.25) is 0 Å². The Balaban J connectivity index is 1.59. The lowest BCUT2D eigenvalue weighted by Gasteiger charge is -2.17. The largest absolute Gasteiger partial charge is 0.494 e. The molecule has 198 valence electrons. The van der Waals surface area contributed by atoms with Gasteiger partial charge in [-0.1, -0.05) is 26.0 Å². The van der Waals surface area contributed by atoms with E-state index in [-0.39, 0.29) is 23.8 Å². The number of carbonyl (C=O) groups excluding carboxylic acids is 3. The number of carbonyl (C=O) groups is 3. The number of ether oxygens (including phenoxy) is 4. The molecule has 0 radical (unpaired) electrons. The van der Waals surface area contributed by atoms with E-state index in [0.29, 0.717) is 48.8 Å². The number of esters is 3. The number of unbranched alkanes of at least 4 members (excludes halogenated alkanes) is 3. The Labute approximate surface area is 218 Å². The molecule has 0 aromatic heterocycles. The van der Waals surface area contributed by atoms with E-state index >= 15 is 0 Å². The van der Waals surface area contributed by atoms with E-state index < -0.39 is 5.97 Å². The third-order valence-electron chi connectivity index (χ3n) is 5.89. The minimum Gasteiger partial charge on any atom is -0.494 e. The first-order valence-electron chi connectivity index (χ1n) is 12.5. The van der Waals surface area contributed by atoms with E-state index in [4.69, 9.17) is 25.5 Å². The molecule has 0 aliphatic carbocycles. The van der Waals surface area contributed by atoms with Crippen molar-refractivity contribution in [2.75, 3.05) is 20.3 Å². The van der Waals surface area contributed by atoms with Gasteiger partial charge in [-0.3, -0.25) is 9.59 Å². The summed E-state index contributed by atoms with van der Waals surface area (Å²) in [5.41, 5.74) is 0.884. The summed E-state index contributed by atoms with van der Waals surface area (Å²) in [7, 11) is 1.35. The van der Waals surface area contributed by atoms with Crippen LogP contribution in [0, 0.1) is 18.4 Å². The lowest BCUT2D eigenvalue weighted by molar-refractivity contribution is -0.151. The van der Waals surface area contributed by atoms with Crippen molar-refractivity contribution < 1.29 is 33.3 Å². The van der Waals surface area contributed by atoms with Crippen LogP contribution in [0.3, 0.4) is 0 Å². The summed E-state index contributed by atoms with van der Waals surface area (Å²) < 4.78 is 21.2. The summed E-state index contributed by atoms with van der Waals surface area (Å²) >= 11 is 0. The summed E-state index contributed by atoms with van der Waals surface area (Å²) in [5, 5.41) is 0. The van der Waals surface area contributed by atoms with Gasteiger partial charge in [0.1, 0.15) is 11.5 Å². The monoisotopic (exact) mass is 509 g/mol. The molecule has 2 aromatic rings. The second-order valence-corrected chi connectivity index (χ2v) is 8.71. The highest BCUT2D eigenvalue weighted by molar-refractivity contribution is 5.91. The molecule has 2 atom stereocenters. The summed E-state index contributed by atoms with van der Waals surface area (Å²) in [5.74, 6) is -0.634. The maximum atomic E-state index is 12.3. The first-order valence-corrected chi connectivity index (χ1v) is 12.5. The van der Waals surface area contributed by atoms with Gasteiger partial charge in [-0.2, -0.15) is 0 Å². The normalized spacial score (nSPS) is 12.1. The zero-order valence-electron chi connectivity index (χ0n) is 21.7. The molecular weight excluding hydrogens is 474 g/mol. The molecule has 0 fully saturated rings. The highest BCUT2D eigenvalue weighted by Gasteiger charge is 2.24. The van der Waals surface area contributed by atoms with Crippen molar-refractivity contribution in [1.82, 2.24) is 0 Å². The Hall–Kier alpha value is -3.86. The van der Waals surface area contributed by atoms with Crippen LogP contribution >= 0.6 is 0 Å². The third kappa shape index (κ3) is 10.3. The van der Waals surface area contributed by atoms with Crippen LogP contribution in [-0.2, 0) is 19.1 Å². The van der Waals surface area contributed by atoms with Crippen molar-refractivity contribution in [2.45, 2.75) is 52.4 Å². The van der Waals surface area contributed by atoms with Crippen molar-refractivity contribution in [2.24, 2.45) is 11.8 Å². The second kappa shape index (κ2) is 16.0. The number of nitrogens with zero attached hydrogens (tertiary/aromatic N) is 1. The van der Waals surface area contributed by atoms with Crippen LogP contribution < -0.4 is 9.47 Å². The van der Waals surface area contributed by atoms with E-state index in [1.54, 1.807) is 55.5 Å². The zero-order valence-corrected chi connectivity index (χ0v) is 21.7. The maximum absolute atomic E-state index is 12.3. The minimum atomic E-state index is -0.481. The molecule has 0 bridgehead atoms. The highest BCUT2D eigenvalue weighted by Crippen LogP contribution is 2.21. The van der Waals surface area contributed by atoms with Gasteiger partial charge in [-0.05, 0) is 74.9 Å². The Morgan fingerprint density at radius 2 is 1.49 bits per heavy atom. The van der Waals surface area contributed by atoms with E-state index in [1.807, 2.05) is 6.92 Å². The summed E-state index contributed by atoms with van der Waals surface area (Å²) in [6.07, 6.45) is 4.52.